The molecule has 0 spiro atoms. The van der Waals surface area contributed by atoms with Gasteiger partial charge in [0.2, 0.25) is 5.91 Å². The van der Waals surface area contributed by atoms with E-state index in [1.54, 1.807) is 0 Å². The van der Waals surface area contributed by atoms with Gasteiger partial charge in [-0.15, -0.1) is 12.4 Å². The molecule has 2 rings (SSSR count). The Labute approximate surface area is 94.8 Å². The molecule has 1 heterocycles. The van der Waals surface area contributed by atoms with Gasteiger partial charge in [-0.1, -0.05) is 12.1 Å². The average Bonchev–Trinajstić information content (AvgIpc) is 2.27. The van der Waals surface area contributed by atoms with Gasteiger partial charge < -0.3 is 16.0 Å². The van der Waals surface area contributed by atoms with Crippen molar-refractivity contribution in [3.8, 4) is 0 Å². The fourth-order valence-electron chi connectivity index (χ4n) is 1.61. The number of carbonyl (C=O) groups is 1. The SMILES string of the molecule is CN1C[C@H](N)C(=O)Nc2ccccc21.Cl. The van der Waals surface area contributed by atoms with E-state index >= 15 is 0 Å². The minimum Gasteiger partial charge on any atom is -0.371 e. The molecule has 5 heteroatoms. The normalized spacial score (nSPS) is 19.7. The lowest BCUT2D eigenvalue weighted by Gasteiger charge is -2.19. The van der Waals surface area contributed by atoms with Crippen LogP contribution < -0.4 is 16.0 Å². The molecule has 0 bridgehead atoms. The van der Waals surface area contributed by atoms with Crippen molar-refractivity contribution in [3.63, 3.8) is 0 Å². The second-order valence-corrected chi connectivity index (χ2v) is 3.49. The lowest BCUT2D eigenvalue weighted by Crippen LogP contribution is -2.41. The number of nitrogens with one attached hydrogen (secondary N) is 1. The molecule has 1 amide bonds. The highest BCUT2D eigenvalue weighted by Gasteiger charge is 2.22. The number of nitrogens with zero attached hydrogens (tertiary/aromatic N) is 1. The molecule has 0 fully saturated rings. The summed E-state index contributed by atoms with van der Waals surface area (Å²) in [5.74, 6) is -0.123. The zero-order valence-electron chi connectivity index (χ0n) is 8.43. The van der Waals surface area contributed by atoms with Gasteiger partial charge in [0.1, 0.15) is 6.04 Å². The van der Waals surface area contributed by atoms with Gasteiger partial charge in [-0.3, -0.25) is 4.79 Å². The van der Waals surface area contributed by atoms with Crippen molar-refractivity contribution in [3.05, 3.63) is 24.3 Å². The van der Waals surface area contributed by atoms with Gasteiger partial charge in [-0.25, -0.2) is 0 Å². The number of carbonyl (C=O) groups excluding carboxylic acids is 1. The van der Waals surface area contributed by atoms with E-state index in [9.17, 15) is 4.79 Å². The second kappa shape index (κ2) is 4.51. The topological polar surface area (TPSA) is 58.4 Å². The summed E-state index contributed by atoms with van der Waals surface area (Å²) < 4.78 is 0. The summed E-state index contributed by atoms with van der Waals surface area (Å²) in [6.45, 7) is 0.544. The fourth-order valence-corrected chi connectivity index (χ4v) is 1.61. The van der Waals surface area contributed by atoms with Gasteiger partial charge in [-0.05, 0) is 12.1 Å². The van der Waals surface area contributed by atoms with Crippen molar-refractivity contribution in [2.45, 2.75) is 6.04 Å². The van der Waals surface area contributed by atoms with Crippen molar-refractivity contribution in [2.24, 2.45) is 5.73 Å². The maximum absolute atomic E-state index is 11.5. The Morgan fingerprint density at radius 2 is 2.13 bits per heavy atom. The van der Waals surface area contributed by atoms with E-state index < -0.39 is 6.04 Å². The first-order valence-electron chi connectivity index (χ1n) is 4.55. The van der Waals surface area contributed by atoms with E-state index in [-0.39, 0.29) is 18.3 Å². The minimum atomic E-state index is -0.465. The zero-order chi connectivity index (χ0) is 10.1. The van der Waals surface area contributed by atoms with Crippen LogP contribution in [0, 0.1) is 0 Å². The van der Waals surface area contributed by atoms with Crippen LogP contribution in [0.1, 0.15) is 0 Å². The lowest BCUT2D eigenvalue weighted by molar-refractivity contribution is -0.117. The number of hydrogen-bond acceptors (Lipinski definition) is 3. The highest BCUT2D eigenvalue weighted by atomic mass is 35.5. The molecule has 15 heavy (non-hydrogen) atoms. The smallest absolute Gasteiger partial charge is 0.243 e. The molecule has 82 valence electrons. The number of amides is 1. The summed E-state index contributed by atoms with van der Waals surface area (Å²) in [5.41, 5.74) is 7.53. The summed E-state index contributed by atoms with van der Waals surface area (Å²) in [6.07, 6.45) is 0. The molecule has 0 unspecified atom stereocenters. The summed E-state index contributed by atoms with van der Waals surface area (Å²) in [6, 6.07) is 7.21. The highest BCUT2D eigenvalue weighted by Crippen LogP contribution is 2.26. The maximum Gasteiger partial charge on any atom is 0.243 e. The first-order valence-corrected chi connectivity index (χ1v) is 4.55. The fraction of sp³-hybridized carbons (Fsp3) is 0.300. The van der Waals surface area contributed by atoms with Crippen molar-refractivity contribution in [2.75, 3.05) is 23.8 Å². The number of benzene rings is 1. The molecule has 1 aliphatic heterocycles. The van der Waals surface area contributed by atoms with Gasteiger partial charge in [0.15, 0.2) is 0 Å². The molecule has 0 saturated heterocycles. The molecule has 1 aromatic carbocycles. The van der Waals surface area contributed by atoms with Gasteiger partial charge in [0, 0.05) is 13.6 Å². The van der Waals surface area contributed by atoms with E-state index in [1.165, 1.54) is 0 Å². The van der Waals surface area contributed by atoms with Crippen LogP contribution in [0.4, 0.5) is 11.4 Å². The first-order chi connectivity index (χ1) is 6.68. The van der Waals surface area contributed by atoms with Crippen molar-refractivity contribution < 1.29 is 4.79 Å². The molecule has 4 nitrogen and oxygen atoms in total. The predicted octanol–water partition coefficient (Wildman–Crippen LogP) is 0.824. The van der Waals surface area contributed by atoms with Crippen LogP contribution >= 0.6 is 12.4 Å². The van der Waals surface area contributed by atoms with Gasteiger partial charge in [0.25, 0.3) is 0 Å². The molecule has 0 saturated carbocycles. The van der Waals surface area contributed by atoms with Crippen LogP contribution in [0.15, 0.2) is 24.3 Å². The van der Waals surface area contributed by atoms with Crippen LogP contribution in [-0.2, 0) is 4.79 Å². The summed E-state index contributed by atoms with van der Waals surface area (Å²) in [7, 11) is 1.93. The molecular formula is C10H14ClN3O. The Morgan fingerprint density at radius 3 is 2.87 bits per heavy atom. The number of fused-ring (bicyclic) bond motifs is 1. The lowest BCUT2D eigenvalue weighted by atomic mass is 10.2. The number of rotatable bonds is 0. The van der Waals surface area contributed by atoms with Crippen molar-refractivity contribution in [1.29, 1.82) is 0 Å². The Bertz CT molecular complexity index is 369. The van der Waals surface area contributed by atoms with E-state index in [4.69, 9.17) is 5.73 Å². The van der Waals surface area contributed by atoms with Gasteiger partial charge in [0.05, 0.1) is 11.4 Å². The third-order valence-corrected chi connectivity index (χ3v) is 2.38. The monoisotopic (exact) mass is 227 g/mol. The second-order valence-electron chi connectivity index (χ2n) is 3.49. The summed E-state index contributed by atoms with van der Waals surface area (Å²) >= 11 is 0. The number of likely N-dealkylation sites (N-methyl/N-ethyl adjacent to an activating group) is 1. The predicted molar refractivity (Wildman–Crippen MR) is 63.6 cm³/mol. The first kappa shape index (κ1) is 11.8. The van der Waals surface area contributed by atoms with Gasteiger partial charge in [-0.2, -0.15) is 0 Å². The van der Waals surface area contributed by atoms with Crippen LogP contribution in [0.5, 0.6) is 0 Å². The summed E-state index contributed by atoms with van der Waals surface area (Å²) in [5, 5.41) is 2.80. The minimum absolute atomic E-state index is 0. The van der Waals surface area contributed by atoms with Gasteiger partial charge >= 0.3 is 0 Å². The number of nitrogens with two attached hydrogens (primary N) is 1. The molecule has 1 atom stereocenters. The number of para-hydroxylation sites is 2. The maximum atomic E-state index is 11.5. The number of anilines is 2. The Morgan fingerprint density at radius 1 is 1.47 bits per heavy atom. The van der Waals surface area contributed by atoms with Crippen molar-refractivity contribution >= 4 is 29.7 Å². The zero-order valence-corrected chi connectivity index (χ0v) is 9.25. The van der Waals surface area contributed by atoms with Crippen LogP contribution in [0.25, 0.3) is 0 Å². The van der Waals surface area contributed by atoms with E-state index in [2.05, 4.69) is 5.32 Å². The molecule has 1 aromatic rings. The van der Waals surface area contributed by atoms with Crippen LogP contribution in [0.2, 0.25) is 0 Å². The molecule has 0 aliphatic carbocycles. The van der Waals surface area contributed by atoms with Crippen molar-refractivity contribution in [1.82, 2.24) is 0 Å². The molecule has 3 N–H and O–H groups in total. The van der Waals surface area contributed by atoms with E-state index in [0.29, 0.717) is 6.54 Å². The Hall–Kier alpha value is -1.26. The molecule has 0 radical (unpaired) electrons. The molecule has 0 aromatic heterocycles. The average molecular weight is 228 g/mol. The standard InChI is InChI=1S/C10H13N3O.ClH/c1-13-6-7(11)10(14)12-8-4-2-3-5-9(8)13;/h2-5,7H,6,11H2,1H3,(H,12,14);1H/t7-;/m0./s1. The third kappa shape index (κ3) is 2.22. The van der Waals surface area contributed by atoms with Crippen LogP contribution in [-0.4, -0.2) is 25.5 Å². The highest BCUT2D eigenvalue weighted by molar-refractivity contribution is 5.99. The van der Waals surface area contributed by atoms with Crippen LogP contribution in [0.3, 0.4) is 0 Å². The van der Waals surface area contributed by atoms with E-state index in [1.807, 2.05) is 36.2 Å². The Kier molecular flexibility index (Phi) is 3.55. The number of halogens is 1. The summed E-state index contributed by atoms with van der Waals surface area (Å²) in [4.78, 5) is 13.4. The molecule has 1 aliphatic rings. The quantitative estimate of drug-likeness (QED) is 0.690. The van der Waals surface area contributed by atoms with E-state index in [0.717, 1.165) is 11.4 Å². The third-order valence-electron chi connectivity index (χ3n) is 2.38. The Balaban J connectivity index is 0.00000112. The number of hydrogen-bond donors (Lipinski definition) is 2. The largest absolute Gasteiger partial charge is 0.371 e. The molecular weight excluding hydrogens is 214 g/mol.